The molecule has 2 aliphatic rings. The van der Waals surface area contributed by atoms with Crippen LogP contribution in [0.5, 0.6) is 5.75 Å². The van der Waals surface area contributed by atoms with Gasteiger partial charge in [0, 0.05) is 17.8 Å². The molecule has 7 nitrogen and oxygen atoms in total. The van der Waals surface area contributed by atoms with Gasteiger partial charge in [-0.15, -0.1) is 4.40 Å². The van der Waals surface area contributed by atoms with Gasteiger partial charge in [0.2, 0.25) is 0 Å². The van der Waals surface area contributed by atoms with Gasteiger partial charge >= 0.3 is 0 Å². The molecule has 2 heterocycles. The number of nitrogens with zero attached hydrogens (tertiary/aromatic N) is 2. The summed E-state index contributed by atoms with van der Waals surface area (Å²) in [5.41, 5.74) is 0.431. The van der Waals surface area contributed by atoms with Crippen molar-refractivity contribution in [3.63, 3.8) is 0 Å². The van der Waals surface area contributed by atoms with E-state index in [1.807, 2.05) is 0 Å². The first-order chi connectivity index (χ1) is 11.9. The first-order valence-electron chi connectivity index (χ1n) is 7.59. The summed E-state index contributed by atoms with van der Waals surface area (Å²) in [6.45, 7) is 0.907. The summed E-state index contributed by atoms with van der Waals surface area (Å²) in [5, 5.41) is 3.33. The molecule has 0 aliphatic carbocycles. The number of halogens is 1. The highest BCUT2D eigenvalue weighted by Gasteiger charge is 2.24. The van der Waals surface area contributed by atoms with E-state index in [0.717, 1.165) is 0 Å². The third kappa shape index (κ3) is 4.61. The highest BCUT2D eigenvalue weighted by molar-refractivity contribution is 7.90. The van der Waals surface area contributed by atoms with Crippen LogP contribution in [0.1, 0.15) is 0 Å². The Morgan fingerprint density at radius 2 is 2.20 bits per heavy atom. The summed E-state index contributed by atoms with van der Waals surface area (Å²) in [4.78, 5) is 13.8. The van der Waals surface area contributed by atoms with Crippen LogP contribution in [0.3, 0.4) is 0 Å². The van der Waals surface area contributed by atoms with E-state index in [1.54, 1.807) is 41.4 Å². The highest BCUT2D eigenvalue weighted by atomic mass is 35.5. The molecule has 0 aromatic heterocycles. The summed E-state index contributed by atoms with van der Waals surface area (Å²) in [6, 6.07) is 7.01. The van der Waals surface area contributed by atoms with Gasteiger partial charge in [-0.2, -0.15) is 0 Å². The molecule has 0 fully saturated rings. The molecule has 132 valence electrons. The average Bonchev–Trinajstić information content (AvgIpc) is 2.57. The number of nitrogens with one attached hydrogen (secondary N) is 1. The number of hydrogen-bond acceptors (Lipinski definition) is 5. The van der Waals surface area contributed by atoms with E-state index >= 15 is 0 Å². The number of benzene rings is 1. The number of sulfonamides is 1. The van der Waals surface area contributed by atoms with Gasteiger partial charge in [-0.05, 0) is 30.4 Å². The lowest BCUT2D eigenvalue weighted by molar-refractivity contribution is -0.117. The monoisotopic (exact) mass is 381 g/mol. The molecule has 1 amide bonds. The van der Waals surface area contributed by atoms with Crippen LogP contribution in [0.2, 0.25) is 5.02 Å². The Kier molecular flexibility index (Phi) is 5.10. The zero-order chi connectivity index (χ0) is 17.9. The van der Waals surface area contributed by atoms with E-state index in [4.69, 9.17) is 16.3 Å². The summed E-state index contributed by atoms with van der Waals surface area (Å²) in [6.07, 6.45) is 4.66. The van der Waals surface area contributed by atoms with Crippen LogP contribution >= 0.6 is 11.6 Å². The number of rotatable bonds is 5. The number of ether oxygens (including phenoxy) is 1. The number of carbonyl (C=O) groups is 1. The summed E-state index contributed by atoms with van der Waals surface area (Å²) in [5.74, 6) is 0.628. The van der Waals surface area contributed by atoms with Crippen LogP contribution in [0.15, 0.2) is 52.6 Å². The largest absolute Gasteiger partial charge is 0.492 e. The lowest BCUT2D eigenvalue weighted by Crippen LogP contribution is -2.38. The van der Waals surface area contributed by atoms with E-state index in [0.29, 0.717) is 35.3 Å². The van der Waals surface area contributed by atoms with Crippen LogP contribution in [-0.4, -0.2) is 50.5 Å². The van der Waals surface area contributed by atoms with Gasteiger partial charge in [0.05, 0.1) is 17.9 Å². The van der Waals surface area contributed by atoms with Crippen LogP contribution in [0.4, 0.5) is 0 Å². The SMILES string of the molecule is O=C(NCCOc1cccc(Cl)c1)C1=CN2CCS(=O)(=O)N=C2C=C1. The summed E-state index contributed by atoms with van der Waals surface area (Å²) < 4.78 is 32.1. The Morgan fingerprint density at radius 1 is 1.36 bits per heavy atom. The van der Waals surface area contributed by atoms with Crippen LogP contribution in [-0.2, 0) is 14.8 Å². The van der Waals surface area contributed by atoms with E-state index in [-0.39, 0.29) is 18.2 Å². The van der Waals surface area contributed by atoms with Crippen molar-refractivity contribution in [2.75, 3.05) is 25.4 Å². The molecule has 0 bridgehead atoms. The summed E-state index contributed by atoms with van der Waals surface area (Å²) in [7, 11) is -3.40. The maximum atomic E-state index is 12.2. The molecule has 9 heteroatoms. The number of amides is 1. The van der Waals surface area contributed by atoms with Gasteiger partial charge in [0.1, 0.15) is 18.2 Å². The van der Waals surface area contributed by atoms with Gasteiger partial charge in [-0.25, -0.2) is 8.42 Å². The maximum absolute atomic E-state index is 12.2. The van der Waals surface area contributed by atoms with Gasteiger partial charge in [-0.1, -0.05) is 17.7 Å². The zero-order valence-corrected chi connectivity index (χ0v) is 14.8. The number of hydrogen-bond donors (Lipinski definition) is 1. The minimum Gasteiger partial charge on any atom is -0.492 e. The quantitative estimate of drug-likeness (QED) is 0.777. The van der Waals surface area contributed by atoms with Crippen LogP contribution in [0, 0.1) is 0 Å². The van der Waals surface area contributed by atoms with E-state index in [1.165, 1.54) is 6.08 Å². The van der Waals surface area contributed by atoms with Crippen molar-refractivity contribution in [1.29, 1.82) is 0 Å². The van der Waals surface area contributed by atoms with E-state index in [9.17, 15) is 13.2 Å². The predicted molar refractivity (Wildman–Crippen MR) is 95.1 cm³/mol. The predicted octanol–water partition coefficient (Wildman–Crippen LogP) is 1.33. The molecule has 25 heavy (non-hydrogen) atoms. The van der Waals surface area contributed by atoms with E-state index < -0.39 is 10.0 Å². The summed E-state index contributed by atoms with van der Waals surface area (Å²) >= 11 is 5.87. The third-order valence-electron chi connectivity index (χ3n) is 3.54. The van der Waals surface area contributed by atoms with Crippen molar-refractivity contribution >= 4 is 33.4 Å². The van der Waals surface area contributed by atoms with Gasteiger partial charge in [0.15, 0.2) is 0 Å². The molecule has 0 radical (unpaired) electrons. The zero-order valence-electron chi connectivity index (χ0n) is 13.2. The fourth-order valence-electron chi connectivity index (χ4n) is 2.33. The second-order valence-electron chi connectivity index (χ2n) is 5.41. The van der Waals surface area contributed by atoms with Gasteiger partial charge < -0.3 is 15.0 Å². The molecule has 0 saturated heterocycles. The Labute approximate surface area is 150 Å². The molecule has 3 rings (SSSR count). The Hall–Kier alpha value is -2.32. The van der Waals surface area contributed by atoms with Crippen LogP contribution in [0.25, 0.3) is 0 Å². The number of amidine groups is 1. The van der Waals surface area contributed by atoms with Crippen molar-refractivity contribution in [2.24, 2.45) is 4.40 Å². The van der Waals surface area contributed by atoms with E-state index in [2.05, 4.69) is 9.71 Å². The fourth-order valence-corrected chi connectivity index (χ4v) is 3.48. The molecule has 2 aliphatic heterocycles. The van der Waals surface area contributed by atoms with Crippen molar-refractivity contribution in [3.8, 4) is 5.75 Å². The minimum absolute atomic E-state index is 0.0663. The average molecular weight is 382 g/mol. The second-order valence-corrected chi connectivity index (χ2v) is 7.60. The first-order valence-corrected chi connectivity index (χ1v) is 9.57. The lowest BCUT2D eigenvalue weighted by atomic mass is 10.2. The third-order valence-corrected chi connectivity index (χ3v) is 4.94. The van der Waals surface area contributed by atoms with Gasteiger partial charge in [-0.3, -0.25) is 4.79 Å². The van der Waals surface area contributed by atoms with Crippen LogP contribution < -0.4 is 10.1 Å². The molecular weight excluding hydrogens is 366 g/mol. The molecule has 0 unspecified atom stereocenters. The normalized spacial score (nSPS) is 18.0. The molecular formula is C16H16ClN3O4S. The maximum Gasteiger partial charge on any atom is 0.256 e. The van der Waals surface area contributed by atoms with Gasteiger partial charge in [0.25, 0.3) is 15.9 Å². The number of fused-ring (bicyclic) bond motifs is 1. The molecule has 0 spiro atoms. The van der Waals surface area contributed by atoms with Crippen molar-refractivity contribution in [2.45, 2.75) is 0 Å². The lowest BCUT2D eigenvalue weighted by Gasteiger charge is -2.26. The fraction of sp³-hybridized carbons (Fsp3) is 0.250. The van der Waals surface area contributed by atoms with Crippen molar-refractivity contribution in [3.05, 3.63) is 53.2 Å². The first kappa shape index (κ1) is 17.5. The Balaban J connectivity index is 1.51. The van der Waals surface area contributed by atoms with Crippen molar-refractivity contribution < 1.29 is 17.9 Å². The Bertz CT molecular complexity index is 877. The molecule has 1 N–H and O–H groups in total. The molecule has 1 aromatic carbocycles. The standard InChI is InChI=1S/C16H16ClN3O4S/c17-13-2-1-3-14(10-13)24-8-6-18-16(21)12-4-5-15-19-25(22,23)9-7-20(15)11-12/h1-5,10-11H,6-9H2,(H,18,21). The molecule has 0 atom stereocenters. The second kappa shape index (κ2) is 7.28. The number of carbonyl (C=O) groups excluding carboxylic acids is 1. The topological polar surface area (TPSA) is 88.1 Å². The van der Waals surface area contributed by atoms with Crippen molar-refractivity contribution in [1.82, 2.24) is 10.2 Å². The molecule has 1 aromatic rings. The highest BCUT2D eigenvalue weighted by Crippen LogP contribution is 2.17. The minimum atomic E-state index is -3.40. The molecule has 0 saturated carbocycles. The Morgan fingerprint density at radius 3 is 3.00 bits per heavy atom. The smallest absolute Gasteiger partial charge is 0.256 e.